The standard InChI is InChI=1S/C20H43NO4P2/c1-16(2)20(17(3)4)26(21(18(5)6)19(7)8)25-14-12-11-13-15-27(22,23-9)24-10/h13,15-20H,11-12,14H2,1-10H3/b15-13+. The summed E-state index contributed by atoms with van der Waals surface area (Å²) in [5, 5.41) is 0. The number of unbranched alkanes of at least 4 members (excludes halogenated alkanes) is 1. The third kappa shape index (κ3) is 9.52. The van der Waals surface area contributed by atoms with Gasteiger partial charge in [0.1, 0.15) is 8.30 Å². The van der Waals surface area contributed by atoms with Crippen molar-refractivity contribution in [3.63, 3.8) is 0 Å². The maximum Gasteiger partial charge on any atom is 0.353 e. The minimum absolute atomic E-state index is 0.449. The van der Waals surface area contributed by atoms with Gasteiger partial charge < -0.3 is 13.6 Å². The van der Waals surface area contributed by atoms with Crippen molar-refractivity contribution >= 4 is 15.9 Å². The van der Waals surface area contributed by atoms with E-state index in [0.717, 1.165) is 12.8 Å². The summed E-state index contributed by atoms with van der Waals surface area (Å²) in [7, 11) is -0.952. The van der Waals surface area contributed by atoms with Crippen molar-refractivity contribution < 1.29 is 18.1 Å². The van der Waals surface area contributed by atoms with Gasteiger partial charge in [0.05, 0.1) is 6.61 Å². The molecule has 0 spiro atoms. The molecule has 5 nitrogen and oxygen atoms in total. The number of hydrogen-bond donors (Lipinski definition) is 0. The molecule has 27 heavy (non-hydrogen) atoms. The van der Waals surface area contributed by atoms with Gasteiger partial charge in [-0.05, 0) is 52.4 Å². The first-order valence-electron chi connectivity index (χ1n) is 10.1. The molecule has 0 heterocycles. The Labute approximate surface area is 169 Å². The Hall–Kier alpha value is 0.240. The molecule has 0 aliphatic carbocycles. The molecule has 1 atom stereocenters. The third-order valence-electron chi connectivity index (χ3n) is 4.44. The fourth-order valence-corrected chi connectivity index (χ4v) is 7.06. The molecule has 0 amide bonds. The van der Waals surface area contributed by atoms with Crippen molar-refractivity contribution in [1.82, 2.24) is 4.67 Å². The SMILES string of the molecule is COP(=O)(/C=C/CCCOP(C(C(C)C)C(C)C)N(C(C)C)C(C)C)OC. The molecule has 7 heteroatoms. The predicted octanol–water partition coefficient (Wildman–Crippen LogP) is 6.89. The van der Waals surface area contributed by atoms with Crippen LogP contribution in [0, 0.1) is 11.8 Å². The van der Waals surface area contributed by atoms with E-state index in [1.54, 1.807) is 0 Å². The minimum Gasteiger partial charge on any atom is -0.343 e. The van der Waals surface area contributed by atoms with Crippen LogP contribution in [-0.2, 0) is 18.1 Å². The second kappa shape index (κ2) is 13.5. The van der Waals surface area contributed by atoms with Crippen molar-refractivity contribution in [1.29, 1.82) is 0 Å². The van der Waals surface area contributed by atoms with Crippen LogP contribution in [0.15, 0.2) is 11.9 Å². The fourth-order valence-electron chi connectivity index (χ4n) is 3.40. The predicted molar refractivity (Wildman–Crippen MR) is 118 cm³/mol. The Balaban J connectivity index is 5.02. The summed E-state index contributed by atoms with van der Waals surface area (Å²) in [6.07, 6.45) is 3.54. The van der Waals surface area contributed by atoms with Gasteiger partial charge in [-0.2, -0.15) is 0 Å². The van der Waals surface area contributed by atoms with E-state index in [1.165, 1.54) is 20.0 Å². The van der Waals surface area contributed by atoms with Crippen molar-refractivity contribution in [2.45, 2.75) is 86.0 Å². The molecule has 0 saturated heterocycles. The summed E-state index contributed by atoms with van der Waals surface area (Å²) in [6.45, 7) is 18.9. The largest absolute Gasteiger partial charge is 0.353 e. The molecule has 0 aliphatic rings. The highest BCUT2D eigenvalue weighted by Gasteiger charge is 2.35. The molecule has 0 aromatic rings. The Bertz CT molecular complexity index is 423. The van der Waals surface area contributed by atoms with Crippen LogP contribution < -0.4 is 0 Å². The molecule has 0 bridgehead atoms. The van der Waals surface area contributed by atoms with Crippen LogP contribution in [0.3, 0.4) is 0 Å². The van der Waals surface area contributed by atoms with E-state index in [-0.39, 0.29) is 0 Å². The lowest BCUT2D eigenvalue weighted by molar-refractivity contribution is 0.235. The summed E-state index contributed by atoms with van der Waals surface area (Å²) in [6, 6.07) is 0.899. The summed E-state index contributed by atoms with van der Waals surface area (Å²) in [5.74, 6) is 2.69. The number of hydrogen-bond acceptors (Lipinski definition) is 5. The molecular formula is C20H43NO4P2. The van der Waals surface area contributed by atoms with Crippen LogP contribution in [0.5, 0.6) is 0 Å². The zero-order valence-electron chi connectivity index (χ0n) is 19.1. The summed E-state index contributed by atoms with van der Waals surface area (Å²) < 4.78 is 30.9. The molecular weight excluding hydrogens is 380 g/mol. The van der Waals surface area contributed by atoms with Gasteiger partial charge in [0, 0.05) is 37.8 Å². The Morgan fingerprint density at radius 1 is 0.926 bits per heavy atom. The van der Waals surface area contributed by atoms with Gasteiger partial charge in [-0.15, -0.1) is 0 Å². The van der Waals surface area contributed by atoms with Gasteiger partial charge in [-0.3, -0.25) is 9.24 Å². The summed E-state index contributed by atoms with van der Waals surface area (Å²) in [4.78, 5) is 0. The van der Waals surface area contributed by atoms with Gasteiger partial charge in [0.2, 0.25) is 0 Å². The van der Waals surface area contributed by atoms with Gasteiger partial charge in [0.25, 0.3) is 0 Å². The number of allylic oxidation sites excluding steroid dienone is 1. The average Bonchev–Trinajstić information content (AvgIpc) is 2.56. The molecule has 0 aliphatic heterocycles. The van der Waals surface area contributed by atoms with Crippen molar-refractivity contribution in [2.75, 3.05) is 20.8 Å². The fraction of sp³-hybridized carbons (Fsp3) is 0.900. The van der Waals surface area contributed by atoms with Gasteiger partial charge in [0.15, 0.2) is 0 Å². The minimum atomic E-state index is -3.06. The highest BCUT2D eigenvalue weighted by molar-refractivity contribution is 7.57. The van der Waals surface area contributed by atoms with E-state index in [0.29, 0.717) is 36.2 Å². The number of rotatable bonds is 14. The van der Waals surface area contributed by atoms with Gasteiger partial charge >= 0.3 is 7.60 Å². The van der Waals surface area contributed by atoms with E-state index in [2.05, 4.69) is 60.1 Å². The molecule has 0 N–H and O–H groups in total. The lowest BCUT2D eigenvalue weighted by Gasteiger charge is -2.44. The maximum absolute atomic E-state index is 12.0. The van der Waals surface area contributed by atoms with E-state index in [9.17, 15) is 4.57 Å². The highest BCUT2D eigenvalue weighted by atomic mass is 31.2. The van der Waals surface area contributed by atoms with Gasteiger partial charge in [-0.25, -0.2) is 0 Å². The zero-order valence-corrected chi connectivity index (χ0v) is 20.9. The van der Waals surface area contributed by atoms with Crippen molar-refractivity contribution in [2.24, 2.45) is 11.8 Å². The molecule has 1 unspecified atom stereocenters. The average molecular weight is 424 g/mol. The van der Waals surface area contributed by atoms with Crippen LogP contribution >= 0.6 is 15.9 Å². The quantitative estimate of drug-likeness (QED) is 0.225. The maximum atomic E-state index is 12.0. The molecule has 0 rings (SSSR count). The molecule has 0 fully saturated rings. The highest BCUT2D eigenvalue weighted by Crippen LogP contribution is 2.54. The van der Waals surface area contributed by atoms with Crippen LogP contribution in [-0.4, -0.2) is 43.2 Å². The zero-order chi connectivity index (χ0) is 21.2. The normalized spacial score (nSPS) is 14.8. The first-order valence-corrected chi connectivity index (χ1v) is 13.0. The van der Waals surface area contributed by atoms with E-state index < -0.39 is 15.9 Å². The van der Waals surface area contributed by atoms with E-state index >= 15 is 0 Å². The summed E-state index contributed by atoms with van der Waals surface area (Å²) >= 11 is 0. The Morgan fingerprint density at radius 2 is 1.41 bits per heavy atom. The topological polar surface area (TPSA) is 48.0 Å². The van der Waals surface area contributed by atoms with Crippen LogP contribution in [0.2, 0.25) is 0 Å². The third-order valence-corrected chi connectivity index (χ3v) is 9.57. The molecule has 162 valence electrons. The Morgan fingerprint density at radius 3 is 1.78 bits per heavy atom. The monoisotopic (exact) mass is 423 g/mol. The van der Waals surface area contributed by atoms with E-state index in [4.69, 9.17) is 13.6 Å². The summed E-state index contributed by atoms with van der Waals surface area (Å²) in [5.41, 5.74) is 0.530. The lowest BCUT2D eigenvalue weighted by atomic mass is 10.00. The van der Waals surface area contributed by atoms with Crippen LogP contribution in [0.1, 0.15) is 68.2 Å². The molecule has 0 radical (unpaired) electrons. The second-order valence-corrected chi connectivity index (χ2v) is 12.1. The van der Waals surface area contributed by atoms with E-state index in [1.807, 2.05) is 6.08 Å². The van der Waals surface area contributed by atoms with Crippen molar-refractivity contribution in [3.8, 4) is 0 Å². The molecule has 0 aromatic carbocycles. The van der Waals surface area contributed by atoms with Crippen molar-refractivity contribution in [3.05, 3.63) is 11.9 Å². The first-order chi connectivity index (χ1) is 12.5. The smallest absolute Gasteiger partial charge is 0.343 e. The Kier molecular flexibility index (Phi) is 13.6. The van der Waals surface area contributed by atoms with Crippen LogP contribution in [0.25, 0.3) is 0 Å². The van der Waals surface area contributed by atoms with Gasteiger partial charge in [-0.1, -0.05) is 33.8 Å². The first kappa shape index (κ1) is 27.2. The number of nitrogens with zero attached hydrogens (tertiary/aromatic N) is 1. The lowest BCUT2D eigenvalue weighted by Crippen LogP contribution is -2.38. The second-order valence-electron chi connectivity index (χ2n) is 8.11. The molecule has 0 saturated carbocycles. The van der Waals surface area contributed by atoms with Crippen LogP contribution in [0.4, 0.5) is 0 Å². The molecule has 0 aromatic heterocycles.